The van der Waals surface area contributed by atoms with Gasteiger partial charge < -0.3 is 10.2 Å². The minimum absolute atomic E-state index is 0.213. The van der Waals surface area contributed by atoms with Crippen molar-refractivity contribution < 1.29 is 19.8 Å². The van der Waals surface area contributed by atoms with Crippen LogP contribution in [0.15, 0.2) is 0 Å². The van der Waals surface area contributed by atoms with Crippen LogP contribution >= 0.6 is 0 Å². The van der Waals surface area contributed by atoms with Crippen LogP contribution in [-0.2, 0) is 9.59 Å². The molecule has 0 radical (unpaired) electrons. The Morgan fingerprint density at radius 3 is 2.38 bits per heavy atom. The first-order valence-corrected chi connectivity index (χ1v) is 12.2. The predicted molar refractivity (Wildman–Crippen MR) is 114 cm³/mol. The van der Waals surface area contributed by atoms with Crippen molar-refractivity contribution in [1.29, 1.82) is 0 Å². The van der Waals surface area contributed by atoms with Crippen molar-refractivity contribution in [3.63, 3.8) is 0 Å². The molecule has 0 unspecified atom stereocenters. The zero-order valence-electron chi connectivity index (χ0n) is 19.0. The van der Waals surface area contributed by atoms with E-state index in [0.717, 1.165) is 51.4 Å². The summed E-state index contributed by atoms with van der Waals surface area (Å²) in [7, 11) is 0. The Balaban J connectivity index is 0.00000117. The molecule has 0 aromatic heterocycles. The highest BCUT2D eigenvalue weighted by Gasteiger charge is 2.62. The molecule has 0 aliphatic heterocycles. The molecular weight excluding hydrogens is 364 g/mol. The van der Waals surface area contributed by atoms with Crippen molar-refractivity contribution in [1.82, 2.24) is 0 Å². The van der Waals surface area contributed by atoms with Crippen LogP contribution < -0.4 is 0 Å². The number of hydrogen-bond donors (Lipinski definition) is 2. The Morgan fingerprint density at radius 2 is 1.69 bits per heavy atom. The Labute approximate surface area is 176 Å². The van der Waals surface area contributed by atoms with Gasteiger partial charge in [0.2, 0.25) is 0 Å². The molecule has 4 nitrogen and oxygen atoms in total. The summed E-state index contributed by atoms with van der Waals surface area (Å²) >= 11 is 0. The van der Waals surface area contributed by atoms with Gasteiger partial charge in [-0.1, -0.05) is 27.7 Å². The monoisotopic (exact) mass is 406 g/mol. The lowest BCUT2D eigenvalue weighted by molar-refractivity contribution is -0.160. The first kappa shape index (κ1) is 22.8. The van der Waals surface area contributed by atoms with Crippen molar-refractivity contribution in [3.8, 4) is 0 Å². The highest BCUT2D eigenvalue weighted by atomic mass is 16.4. The molecule has 4 aliphatic carbocycles. The lowest BCUT2D eigenvalue weighted by atomic mass is 9.44. The first-order chi connectivity index (χ1) is 13.8. The first-order valence-electron chi connectivity index (χ1n) is 12.2. The van der Waals surface area contributed by atoms with Crippen LogP contribution in [0.1, 0.15) is 98.3 Å². The van der Waals surface area contributed by atoms with E-state index in [2.05, 4.69) is 13.8 Å². The van der Waals surface area contributed by atoms with E-state index in [4.69, 9.17) is 5.11 Å². The lowest BCUT2D eigenvalue weighted by Crippen LogP contribution is -2.57. The molecule has 2 N–H and O–H groups in total. The third kappa shape index (κ3) is 3.91. The van der Waals surface area contributed by atoms with E-state index in [0.29, 0.717) is 35.9 Å². The highest BCUT2D eigenvalue weighted by Crippen LogP contribution is 2.67. The number of carbonyl (C=O) groups is 2. The lowest BCUT2D eigenvalue weighted by Gasteiger charge is -2.60. The maximum absolute atomic E-state index is 13.3. The van der Waals surface area contributed by atoms with Gasteiger partial charge in [-0.25, -0.2) is 0 Å². The second-order valence-corrected chi connectivity index (χ2v) is 10.6. The molecule has 0 bridgehead atoms. The van der Waals surface area contributed by atoms with Gasteiger partial charge in [-0.15, -0.1) is 0 Å². The van der Waals surface area contributed by atoms with E-state index < -0.39 is 5.97 Å². The van der Waals surface area contributed by atoms with Gasteiger partial charge in [0.05, 0.1) is 6.10 Å². The Bertz CT molecular complexity index is 616. The van der Waals surface area contributed by atoms with Crippen molar-refractivity contribution in [3.05, 3.63) is 0 Å². The molecule has 29 heavy (non-hydrogen) atoms. The Kier molecular flexibility index (Phi) is 6.82. The van der Waals surface area contributed by atoms with E-state index in [1.54, 1.807) is 0 Å². The zero-order chi connectivity index (χ0) is 21.4. The molecule has 4 heteroatoms. The van der Waals surface area contributed by atoms with Gasteiger partial charge in [-0.2, -0.15) is 0 Å². The fraction of sp³-hybridized carbons (Fsp3) is 0.920. The highest BCUT2D eigenvalue weighted by molar-refractivity contribution is 5.83. The van der Waals surface area contributed by atoms with Gasteiger partial charge >= 0.3 is 5.97 Å². The fourth-order valence-electron chi connectivity index (χ4n) is 7.99. The number of ketones is 1. The molecule has 4 fully saturated rings. The second kappa shape index (κ2) is 8.69. The quantitative estimate of drug-likeness (QED) is 0.649. The van der Waals surface area contributed by atoms with Gasteiger partial charge in [-0.05, 0) is 92.3 Å². The summed E-state index contributed by atoms with van der Waals surface area (Å²) in [5, 5.41) is 19.1. The average molecular weight is 407 g/mol. The van der Waals surface area contributed by atoms with E-state index in [1.807, 2.05) is 13.8 Å². The van der Waals surface area contributed by atoms with Crippen molar-refractivity contribution in [2.45, 2.75) is 104 Å². The van der Waals surface area contributed by atoms with Crippen LogP contribution in [0.25, 0.3) is 0 Å². The van der Waals surface area contributed by atoms with E-state index in [1.165, 1.54) is 6.42 Å². The van der Waals surface area contributed by atoms with E-state index in [9.17, 15) is 14.7 Å². The van der Waals surface area contributed by atoms with Crippen LogP contribution in [0.5, 0.6) is 0 Å². The summed E-state index contributed by atoms with van der Waals surface area (Å²) < 4.78 is 0. The van der Waals surface area contributed by atoms with Gasteiger partial charge in [0.25, 0.3) is 0 Å². The molecule has 8 atom stereocenters. The van der Waals surface area contributed by atoms with Crippen LogP contribution in [0.4, 0.5) is 0 Å². The number of carboxylic acid groups (broad SMARTS) is 1. The Hall–Kier alpha value is -0.900. The second-order valence-electron chi connectivity index (χ2n) is 10.6. The third-order valence-electron chi connectivity index (χ3n) is 9.58. The summed E-state index contributed by atoms with van der Waals surface area (Å²) in [6.45, 7) is 8.81. The largest absolute Gasteiger partial charge is 0.481 e. The predicted octanol–water partition coefficient (Wildman–Crippen LogP) is 5.47. The third-order valence-corrected chi connectivity index (χ3v) is 9.58. The molecule has 0 amide bonds. The van der Waals surface area contributed by atoms with Crippen molar-refractivity contribution in [2.75, 3.05) is 0 Å². The van der Waals surface area contributed by atoms with Crippen LogP contribution in [0.2, 0.25) is 0 Å². The fourth-order valence-corrected chi connectivity index (χ4v) is 7.99. The summed E-state index contributed by atoms with van der Waals surface area (Å²) in [5.41, 5.74) is 0.438. The van der Waals surface area contributed by atoms with Crippen molar-refractivity contribution >= 4 is 11.8 Å². The SMILES string of the molecule is CC.C[C@]12CC[C@@H](O)C[C@H]1CC(=O)[C@@H]1[C@@H]2CC[C@]2(C)[C@@H](CCCC(=O)O)CC[C@@H]12. The summed E-state index contributed by atoms with van der Waals surface area (Å²) in [6, 6.07) is 0. The van der Waals surface area contributed by atoms with Gasteiger partial charge in [0, 0.05) is 18.8 Å². The number of carboxylic acids is 1. The normalized spacial score (nSPS) is 46.0. The molecule has 4 aliphatic rings. The number of aliphatic carboxylic acids is 1. The van der Waals surface area contributed by atoms with E-state index >= 15 is 0 Å². The van der Waals surface area contributed by atoms with Crippen LogP contribution in [-0.4, -0.2) is 28.1 Å². The molecule has 0 saturated heterocycles. The summed E-state index contributed by atoms with van der Waals surface area (Å²) in [4.78, 5) is 24.2. The number of fused-ring (bicyclic) bond motifs is 5. The number of aliphatic hydroxyl groups is 1. The Morgan fingerprint density at radius 1 is 1.03 bits per heavy atom. The van der Waals surface area contributed by atoms with Gasteiger partial charge in [-0.3, -0.25) is 9.59 Å². The molecule has 0 spiro atoms. The summed E-state index contributed by atoms with van der Waals surface area (Å²) in [6.07, 6.45) is 9.89. The van der Waals surface area contributed by atoms with E-state index in [-0.39, 0.29) is 29.3 Å². The zero-order valence-corrected chi connectivity index (χ0v) is 19.0. The number of hydrogen-bond acceptors (Lipinski definition) is 3. The number of Topliss-reactive ketones (excluding diaryl/α,β-unsaturated/α-hetero) is 1. The maximum atomic E-state index is 13.3. The standard InChI is InChI=1S/C23H36O4.C2H6/c1-22-11-9-18-21(17(22)7-6-14(22)4-3-5-20(26)27)19(25)13-15-12-16(24)8-10-23(15,18)2;1-2/h14-18,21,24H,3-13H2,1-2H3,(H,26,27);1-2H3/t14-,15-,16+,17-,18-,21-,22+,23-;/m0./s1. The molecular formula is C25H42O4. The van der Waals surface area contributed by atoms with Crippen LogP contribution in [0.3, 0.4) is 0 Å². The van der Waals surface area contributed by atoms with Crippen molar-refractivity contribution in [2.24, 2.45) is 40.4 Å². The van der Waals surface area contributed by atoms with Gasteiger partial charge in [0.15, 0.2) is 0 Å². The summed E-state index contributed by atoms with van der Waals surface area (Å²) in [5.74, 6) is 1.92. The molecule has 0 aromatic rings. The number of rotatable bonds is 4. The molecule has 4 saturated carbocycles. The topological polar surface area (TPSA) is 74.6 Å². The number of carbonyl (C=O) groups excluding carboxylic acids is 1. The van der Waals surface area contributed by atoms with Gasteiger partial charge in [0.1, 0.15) is 5.78 Å². The molecule has 0 aromatic carbocycles. The molecule has 4 rings (SSSR count). The minimum atomic E-state index is -0.695. The molecule has 166 valence electrons. The maximum Gasteiger partial charge on any atom is 0.303 e. The minimum Gasteiger partial charge on any atom is -0.481 e. The molecule has 0 heterocycles. The average Bonchev–Trinajstić information content (AvgIpc) is 3.01. The van der Waals surface area contributed by atoms with Crippen LogP contribution in [0, 0.1) is 40.4 Å². The number of aliphatic hydroxyl groups excluding tert-OH is 1. The smallest absolute Gasteiger partial charge is 0.303 e.